The lowest BCUT2D eigenvalue weighted by atomic mass is 9.98. The van der Waals surface area contributed by atoms with Crippen molar-refractivity contribution in [2.75, 3.05) is 0 Å². The number of carbonyl (C=O) groups excluding carboxylic acids is 1. The van der Waals surface area contributed by atoms with Gasteiger partial charge in [-0.2, -0.15) is 0 Å². The number of hydrogen-bond donors (Lipinski definition) is 1. The highest BCUT2D eigenvalue weighted by atomic mass is 79.9. The first-order chi connectivity index (χ1) is 9.00. The molecule has 0 saturated heterocycles. The summed E-state index contributed by atoms with van der Waals surface area (Å²) in [5, 5.41) is 9.09. The van der Waals surface area contributed by atoms with Crippen molar-refractivity contribution in [3.05, 3.63) is 68.1 Å². The number of carboxylic acid groups (broad SMARTS) is 1. The van der Waals surface area contributed by atoms with Crippen LogP contribution in [0.1, 0.15) is 26.3 Å². The van der Waals surface area contributed by atoms with Crippen LogP contribution >= 0.6 is 31.9 Å². The molecule has 96 valence electrons. The minimum Gasteiger partial charge on any atom is -0.478 e. The molecular formula is C14H8Br2O3. The smallest absolute Gasteiger partial charge is 0.336 e. The number of carbonyl (C=O) groups is 2. The Hall–Kier alpha value is -1.46. The fourth-order valence-corrected chi connectivity index (χ4v) is 2.29. The molecule has 0 bridgehead atoms. The van der Waals surface area contributed by atoms with Crippen molar-refractivity contribution in [3.8, 4) is 0 Å². The molecule has 0 fully saturated rings. The minimum atomic E-state index is -1.11. The molecule has 3 nitrogen and oxygen atoms in total. The Morgan fingerprint density at radius 1 is 0.895 bits per heavy atom. The van der Waals surface area contributed by atoms with Gasteiger partial charge in [-0.25, -0.2) is 4.79 Å². The highest BCUT2D eigenvalue weighted by Crippen LogP contribution is 2.25. The first kappa shape index (κ1) is 14.0. The van der Waals surface area contributed by atoms with Crippen molar-refractivity contribution in [3.63, 3.8) is 0 Å². The zero-order valence-electron chi connectivity index (χ0n) is 9.56. The average Bonchev–Trinajstić information content (AvgIpc) is 2.41. The molecule has 0 amide bonds. The molecule has 2 aromatic rings. The summed E-state index contributed by atoms with van der Waals surface area (Å²) in [5.41, 5.74) is 0.625. The van der Waals surface area contributed by atoms with Crippen molar-refractivity contribution < 1.29 is 14.7 Å². The summed E-state index contributed by atoms with van der Waals surface area (Å²) in [5.74, 6) is -1.42. The Kier molecular flexibility index (Phi) is 4.17. The number of benzene rings is 2. The number of hydrogen-bond acceptors (Lipinski definition) is 2. The van der Waals surface area contributed by atoms with Gasteiger partial charge in [-0.05, 0) is 56.1 Å². The third-order valence-corrected chi connectivity index (χ3v) is 4.46. The SMILES string of the molecule is O=C(O)c1ccccc1C(=O)c1ccc(Br)c(Br)c1. The van der Waals surface area contributed by atoms with E-state index < -0.39 is 5.97 Å². The fraction of sp³-hybridized carbons (Fsp3) is 0. The average molecular weight is 384 g/mol. The molecule has 0 atom stereocenters. The van der Waals surface area contributed by atoms with Gasteiger partial charge in [-0.3, -0.25) is 4.79 Å². The molecule has 19 heavy (non-hydrogen) atoms. The highest BCUT2D eigenvalue weighted by Gasteiger charge is 2.17. The Labute approximate surface area is 126 Å². The lowest BCUT2D eigenvalue weighted by Crippen LogP contribution is -2.09. The quantitative estimate of drug-likeness (QED) is 0.810. The predicted molar refractivity (Wildman–Crippen MR) is 78.7 cm³/mol. The number of ketones is 1. The van der Waals surface area contributed by atoms with E-state index in [1.54, 1.807) is 30.3 Å². The number of halogens is 2. The van der Waals surface area contributed by atoms with Gasteiger partial charge in [0.15, 0.2) is 5.78 Å². The molecule has 0 saturated carbocycles. The van der Waals surface area contributed by atoms with E-state index in [2.05, 4.69) is 31.9 Å². The second-order valence-electron chi connectivity index (χ2n) is 3.81. The van der Waals surface area contributed by atoms with Crippen molar-refractivity contribution in [2.24, 2.45) is 0 Å². The van der Waals surface area contributed by atoms with Crippen molar-refractivity contribution in [2.45, 2.75) is 0 Å². The topological polar surface area (TPSA) is 54.4 Å². The van der Waals surface area contributed by atoms with Gasteiger partial charge in [-0.15, -0.1) is 0 Å². The largest absolute Gasteiger partial charge is 0.478 e. The van der Waals surface area contributed by atoms with E-state index in [1.807, 2.05) is 0 Å². The monoisotopic (exact) mass is 382 g/mol. The number of aromatic carboxylic acids is 1. The molecule has 0 aromatic heterocycles. The summed E-state index contributed by atoms with van der Waals surface area (Å²) in [4.78, 5) is 23.4. The van der Waals surface area contributed by atoms with Crippen LogP contribution in [0.2, 0.25) is 0 Å². The van der Waals surface area contributed by atoms with Gasteiger partial charge in [-0.1, -0.05) is 18.2 Å². The summed E-state index contributed by atoms with van der Waals surface area (Å²) in [6.07, 6.45) is 0. The van der Waals surface area contributed by atoms with Crippen LogP contribution in [0.5, 0.6) is 0 Å². The first-order valence-electron chi connectivity index (χ1n) is 5.33. The van der Waals surface area contributed by atoms with E-state index in [4.69, 9.17) is 5.11 Å². The van der Waals surface area contributed by atoms with Crippen LogP contribution in [0.15, 0.2) is 51.4 Å². The Morgan fingerprint density at radius 3 is 2.11 bits per heavy atom. The van der Waals surface area contributed by atoms with E-state index in [1.165, 1.54) is 12.1 Å². The lowest BCUT2D eigenvalue weighted by Gasteiger charge is -2.06. The normalized spacial score (nSPS) is 10.2. The molecule has 2 rings (SSSR count). The van der Waals surface area contributed by atoms with Gasteiger partial charge >= 0.3 is 5.97 Å². The highest BCUT2D eigenvalue weighted by molar-refractivity contribution is 9.13. The molecular weight excluding hydrogens is 376 g/mol. The zero-order valence-corrected chi connectivity index (χ0v) is 12.7. The van der Waals surface area contributed by atoms with Gasteiger partial charge in [0.2, 0.25) is 0 Å². The predicted octanol–water partition coefficient (Wildman–Crippen LogP) is 4.14. The van der Waals surface area contributed by atoms with E-state index >= 15 is 0 Å². The van der Waals surface area contributed by atoms with E-state index in [0.717, 1.165) is 8.95 Å². The van der Waals surface area contributed by atoms with Gasteiger partial charge in [0.05, 0.1) is 5.56 Å². The molecule has 0 aliphatic heterocycles. The lowest BCUT2D eigenvalue weighted by molar-refractivity contribution is 0.0693. The molecule has 0 unspecified atom stereocenters. The maximum Gasteiger partial charge on any atom is 0.336 e. The van der Waals surface area contributed by atoms with Gasteiger partial charge in [0.1, 0.15) is 0 Å². The summed E-state index contributed by atoms with van der Waals surface area (Å²) >= 11 is 6.64. The molecule has 5 heteroatoms. The van der Waals surface area contributed by atoms with Crippen LogP contribution in [0.3, 0.4) is 0 Å². The second kappa shape index (κ2) is 5.67. The third kappa shape index (κ3) is 2.93. The van der Waals surface area contributed by atoms with Crippen LogP contribution in [0, 0.1) is 0 Å². The van der Waals surface area contributed by atoms with E-state index in [-0.39, 0.29) is 16.9 Å². The zero-order chi connectivity index (χ0) is 14.0. The maximum absolute atomic E-state index is 12.3. The summed E-state index contributed by atoms with van der Waals surface area (Å²) < 4.78 is 1.57. The van der Waals surface area contributed by atoms with Crippen LogP contribution in [-0.2, 0) is 0 Å². The summed E-state index contributed by atoms with van der Waals surface area (Å²) in [6, 6.07) is 11.2. The van der Waals surface area contributed by atoms with Gasteiger partial charge in [0, 0.05) is 20.1 Å². The number of rotatable bonds is 3. The van der Waals surface area contributed by atoms with Crippen LogP contribution in [0.4, 0.5) is 0 Å². The molecule has 1 N–H and O–H groups in total. The van der Waals surface area contributed by atoms with Gasteiger partial charge < -0.3 is 5.11 Å². The number of carboxylic acids is 1. The van der Waals surface area contributed by atoms with Crippen molar-refractivity contribution >= 4 is 43.6 Å². The molecule has 0 heterocycles. The Morgan fingerprint density at radius 2 is 1.53 bits per heavy atom. The van der Waals surface area contributed by atoms with E-state index in [9.17, 15) is 9.59 Å². The molecule has 0 aliphatic rings. The first-order valence-corrected chi connectivity index (χ1v) is 6.91. The van der Waals surface area contributed by atoms with Crippen LogP contribution in [0.25, 0.3) is 0 Å². The fourth-order valence-electron chi connectivity index (χ4n) is 1.66. The standard InChI is InChI=1S/C14H8Br2O3/c15-11-6-5-8(7-12(11)16)13(17)9-3-1-2-4-10(9)14(18)19/h1-7H,(H,18,19). The van der Waals surface area contributed by atoms with Crippen LogP contribution in [-0.4, -0.2) is 16.9 Å². The van der Waals surface area contributed by atoms with E-state index in [0.29, 0.717) is 5.56 Å². The molecule has 0 radical (unpaired) electrons. The van der Waals surface area contributed by atoms with Crippen LogP contribution < -0.4 is 0 Å². The van der Waals surface area contributed by atoms with Crippen molar-refractivity contribution in [1.29, 1.82) is 0 Å². The minimum absolute atomic E-state index is 0.00606. The van der Waals surface area contributed by atoms with Crippen molar-refractivity contribution in [1.82, 2.24) is 0 Å². The second-order valence-corrected chi connectivity index (χ2v) is 5.52. The maximum atomic E-state index is 12.3. The third-order valence-electron chi connectivity index (χ3n) is 2.58. The van der Waals surface area contributed by atoms with Gasteiger partial charge in [0.25, 0.3) is 0 Å². The Bertz CT molecular complexity index is 665. The summed E-state index contributed by atoms with van der Waals surface area (Å²) in [7, 11) is 0. The summed E-state index contributed by atoms with van der Waals surface area (Å²) in [6.45, 7) is 0. The molecule has 0 spiro atoms. The Balaban J connectivity index is 2.50. The molecule has 0 aliphatic carbocycles. The molecule has 2 aromatic carbocycles.